The van der Waals surface area contributed by atoms with Gasteiger partial charge in [0.05, 0.1) is 6.04 Å². The lowest BCUT2D eigenvalue weighted by molar-refractivity contribution is -0.117. The molecule has 2 aromatic rings. The SMILES string of the molecule is CC(NC(=O)c1ccc(C(=O)NC(C)(C)C)cc1)c1ccc(NC(=O)C2CC2)cc1. The molecule has 3 rings (SSSR count). The summed E-state index contributed by atoms with van der Waals surface area (Å²) in [4.78, 5) is 36.6. The van der Waals surface area contributed by atoms with Gasteiger partial charge < -0.3 is 16.0 Å². The lowest BCUT2D eigenvalue weighted by Gasteiger charge is -2.20. The minimum absolute atomic E-state index is 0.0729. The van der Waals surface area contributed by atoms with Crippen LogP contribution in [-0.4, -0.2) is 23.3 Å². The number of carbonyl (C=O) groups is 3. The number of hydrogen-bond acceptors (Lipinski definition) is 3. The van der Waals surface area contributed by atoms with Gasteiger partial charge in [0.25, 0.3) is 11.8 Å². The average Bonchev–Trinajstić information content (AvgIpc) is 3.52. The van der Waals surface area contributed by atoms with Gasteiger partial charge in [0.1, 0.15) is 0 Å². The van der Waals surface area contributed by atoms with E-state index in [0.717, 1.165) is 24.1 Å². The first kappa shape index (κ1) is 21.6. The van der Waals surface area contributed by atoms with Gasteiger partial charge >= 0.3 is 0 Å². The topological polar surface area (TPSA) is 87.3 Å². The number of hydrogen-bond donors (Lipinski definition) is 3. The van der Waals surface area contributed by atoms with E-state index in [4.69, 9.17) is 0 Å². The zero-order valence-electron chi connectivity index (χ0n) is 17.9. The van der Waals surface area contributed by atoms with Crippen LogP contribution in [0.1, 0.15) is 72.9 Å². The van der Waals surface area contributed by atoms with Crippen molar-refractivity contribution in [2.45, 2.75) is 52.1 Å². The maximum Gasteiger partial charge on any atom is 0.251 e. The summed E-state index contributed by atoms with van der Waals surface area (Å²) in [5, 5.41) is 8.76. The molecule has 1 unspecified atom stereocenters. The fraction of sp³-hybridized carbons (Fsp3) is 0.375. The van der Waals surface area contributed by atoms with Crippen molar-refractivity contribution in [1.82, 2.24) is 10.6 Å². The van der Waals surface area contributed by atoms with E-state index in [1.807, 2.05) is 52.0 Å². The number of rotatable bonds is 6. The number of nitrogens with one attached hydrogen (secondary N) is 3. The molecule has 158 valence electrons. The van der Waals surface area contributed by atoms with Crippen molar-refractivity contribution in [1.29, 1.82) is 0 Å². The van der Waals surface area contributed by atoms with Gasteiger partial charge in [0.15, 0.2) is 0 Å². The molecule has 0 aliphatic heterocycles. The molecule has 0 heterocycles. The van der Waals surface area contributed by atoms with Crippen LogP contribution in [0.2, 0.25) is 0 Å². The van der Waals surface area contributed by atoms with E-state index in [-0.39, 0.29) is 35.2 Å². The number of benzene rings is 2. The largest absolute Gasteiger partial charge is 0.347 e. The van der Waals surface area contributed by atoms with E-state index >= 15 is 0 Å². The van der Waals surface area contributed by atoms with Crippen LogP contribution in [-0.2, 0) is 4.79 Å². The molecule has 0 saturated heterocycles. The first-order valence-electron chi connectivity index (χ1n) is 10.3. The summed E-state index contributed by atoms with van der Waals surface area (Å²) >= 11 is 0. The molecule has 3 amide bonds. The molecule has 0 bridgehead atoms. The van der Waals surface area contributed by atoms with Crippen LogP contribution < -0.4 is 16.0 Å². The summed E-state index contributed by atoms with van der Waals surface area (Å²) < 4.78 is 0. The number of amides is 3. The van der Waals surface area contributed by atoms with E-state index in [9.17, 15) is 14.4 Å². The molecule has 1 saturated carbocycles. The van der Waals surface area contributed by atoms with Gasteiger partial charge in [-0.2, -0.15) is 0 Å². The second kappa shape index (κ2) is 8.69. The van der Waals surface area contributed by atoms with E-state index in [2.05, 4.69) is 16.0 Å². The highest BCUT2D eigenvalue weighted by atomic mass is 16.2. The van der Waals surface area contributed by atoms with Crippen molar-refractivity contribution < 1.29 is 14.4 Å². The third-order valence-corrected chi connectivity index (χ3v) is 4.87. The Morgan fingerprint density at radius 2 is 1.40 bits per heavy atom. The lowest BCUT2D eigenvalue weighted by atomic mass is 10.1. The van der Waals surface area contributed by atoms with Gasteiger partial charge in [-0.15, -0.1) is 0 Å². The summed E-state index contributed by atoms with van der Waals surface area (Å²) in [7, 11) is 0. The average molecular weight is 408 g/mol. The van der Waals surface area contributed by atoms with E-state index in [1.165, 1.54) is 0 Å². The molecule has 1 aliphatic carbocycles. The molecule has 0 aromatic heterocycles. The Morgan fingerprint density at radius 3 is 1.90 bits per heavy atom. The van der Waals surface area contributed by atoms with Crippen LogP contribution in [0.5, 0.6) is 0 Å². The zero-order chi connectivity index (χ0) is 21.9. The van der Waals surface area contributed by atoms with Gasteiger partial charge in [-0.05, 0) is 82.5 Å². The molecule has 6 nitrogen and oxygen atoms in total. The van der Waals surface area contributed by atoms with Crippen LogP contribution in [0.3, 0.4) is 0 Å². The standard InChI is InChI=1S/C24H29N3O3/c1-15(16-11-13-20(14-12-16)26-22(29)18-5-6-18)25-21(28)17-7-9-19(10-8-17)23(30)27-24(2,3)4/h7-15,18H,5-6H2,1-4H3,(H,25,28)(H,26,29)(H,27,30). The summed E-state index contributed by atoms with van der Waals surface area (Å²) in [5.74, 6) is -0.148. The van der Waals surface area contributed by atoms with Crippen molar-refractivity contribution >= 4 is 23.4 Å². The second-order valence-corrected chi connectivity index (χ2v) is 8.86. The molecule has 30 heavy (non-hydrogen) atoms. The van der Waals surface area contributed by atoms with Crippen molar-refractivity contribution in [3.05, 3.63) is 65.2 Å². The van der Waals surface area contributed by atoms with Crippen LogP contribution in [0, 0.1) is 5.92 Å². The van der Waals surface area contributed by atoms with Crippen LogP contribution >= 0.6 is 0 Å². The zero-order valence-corrected chi connectivity index (χ0v) is 17.9. The lowest BCUT2D eigenvalue weighted by Crippen LogP contribution is -2.40. The summed E-state index contributed by atoms with van der Waals surface area (Å²) in [6.45, 7) is 7.66. The monoisotopic (exact) mass is 407 g/mol. The molecule has 3 N–H and O–H groups in total. The van der Waals surface area contributed by atoms with E-state index < -0.39 is 0 Å². The highest BCUT2D eigenvalue weighted by molar-refractivity contribution is 5.98. The Balaban J connectivity index is 1.57. The Bertz CT molecular complexity index is 924. The maximum absolute atomic E-state index is 12.6. The minimum Gasteiger partial charge on any atom is -0.347 e. The molecule has 2 aromatic carbocycles. The summed E-state index contributed by atoms with van der Waals surface area (Å²) in [6, 6.07) is 13.9. The molecular formula is C24H29N3O3. The third kappa shape index (κ3) is 5.92. The van der Waals surface area contributed by atoms with Crippen molar-refractivity contribution in [3.63, 3.8) is 0 Å². The van der Waals surface area contributed by atoms with Crippen LogP contribution in [0.15, 0.2) is 48.5 Å². The van der Waals surface area contributed by atoms with Crippen LogP contribution in [0.25, 0.3) is 0 Å². The Hall–Kier alpha value is -3.15. The Labute approximate surface area is 177 Å². The Kier molecular flexibility index (Phi) is 6.25. The smallest absolute Gasteiger partial charge is 0.251 e. The quantitative estimate of drug-likeness (QED) is 0.675. The van der Waals surface area contributed by atoms with Crippen molar-refractivity contribution in [3.8, 4) is 0 Å². The highest BCUT2D eigenvalue weighted by Crippen LogP contribution is 2.30. The molecule has 0 spiro atoms. The van der Waals surface area contributed by atoms with Crippen molar-refractivity contribution in [2.24, 2.45) is 5.92 Å². The van der Waals surface area contributed by atoms with E-state index in [0.29, 0.717) is 11.1 Å². The van der Waals surface area contributed by atoms with Gasteiger partial charge in [-0.1, -0.05) is 12.1 Å². The predicted molar refractivity (Wildman–Crippen MR) is 117 cm³/mol. The van der Waals surface area contributed by atoms with Gasteiger partial charge in [0, 0.05) is 28.3 Å². The van der Waals surface area contributed by atoms with Crippen molar-refractivity contribution in [2.75, 3.05) is 5.32 Å². The predicted octanol–water partition coefficient (Wildman–Crippen LogP) is 4.05. The van der Waals surface area contributed by atoms with Gasteiger partial charge in [-0.3, -0.25) is 14.4 Å². The molecule has 6 heteroatoms. The Morgan fingerprint density at radius 1 is 0.867 bits per heavy atom. The molecule has 1 atom stereocenters. The summed E-state index contributed by atoms with van der Waals surface area (Å²) in [6.07, 6.45) is 1.93. The molecular weight excluding hydrogens is 378 g/mol. The number of anilines is 1. The molecule has 0 radical (unpaired) electrons. The third-order valence-electron chi connectivity index (χ3n) is 4.87. The first-order valence-corrected chi connectivity index (χ1v) is 10.3. The number of carbonyl (C=O) groups excluding carboxylic acids is 3. The van der Waals surface area contributed by atoms with Gasteiger partial charge in [0.2, 0.25) is 5.91 Å². The normalized spacial score (nSPS) is 14.5. The fourth-order valence-electron chi connectivity index (χ4n) is 2.99. The fourth-order valence-corrected chi connectivity index (χ4v) is 2.99. The first-order chi connectivity index (χ1) is 14.1. The minimum atomic E-state index is -0.321. The van der Waals surface area contributed by atoms with Crippen LogP contribution in [0.4, 0.5) is 5.69 Å². The molecule has 1 fully saturated rings. The summed E-state index contributed by atoms with van der Waals surface area (Å²) in [5.41, 5.74) is 2.38. The van der Waals surface area contributed by atoms with Gasteiger partial charge in [-0.25, -0.2) is 0 Å². The molecule has 1 aliphatic rings. The highest BCUT2D eigenvalue weighted by Gasteiger charge is 2.29. The second-order valence-electron chi connectivity index (χ2n) is 8.86. The maximum atomic E-state index is 12.6. The van der Waals surface area contributed by atoms with E-state index in [1.54, 1.807) is 24.3 Å².